The highest BCUT2D eigenvalue weighted by molar-refractivity contribution is 6.31. The van der Waals surface area contributed by atoms with Gasteiger partial charge in [0.1, 0.15) is 11.2 Å². The molecule has 0 aliphatic heterocycles. The van der Waals surface area contributed by atoms with Gasteiger partial charge in [-0.25, -0.2) is 15.0 Å². The lowest BCUT2D eigenvalue weighted by atomic mass is 9.94. The quantitative estimate of drug-likeness (QED) is 0.141. The smallest absolute Gasteiger partial charge is 0.238 e. The van der Waals surface area contributed by atoms with Crippen molar-refractivity contribution in [1.29, 1.82) is 0 Å². The Labute approximate surface area is 702 Å². The van der Waals surface area contributed by atoms with Gasteiger partial charge in [0, 0.05) is 98.6 Å². The molecule has 20 aromatic carbocycles. The van der Waals surface area contributed by atoms with Crippen LogP contribution in [0.15, 0.2) is 411 Å². The summed E-state index contributed by atoms with van der Waals surface area (Å²) >= 11 is 0. The van der Waals surface area contributed by atoms with Crippen LogP contribution in [-0.4, -0.2) is 43.2 Å². The van der Waals surface area contributed by atoms with Gasteiger partial charge in [0.2, 0.25) is 5.95 Å². The summed E-state index contributed by atoms with van der Waals surface area (Å²) in [6.07, 6.45) is 0. The zero-order chi connectivity index (χ0) is 80.5. The molecule has 123 heavy (non-hydrogen) atoms. The summed E-state index contributed by atoms with van der Waals surface area (Å²) in [7, 11) is 0. The van der Waals surface area contributed by atoms with Crippen molar-refractivity contribution in [2.75, 3.05) is 0 Å². The number of nitrogens with zero attached hydrogens (tertiary/aromatic N) is 9. The van der Waals surface area contributed by atoms with Crippen LogP contribution in [0.1, 0.15) is 0 Å². The van der Waals surface area contributed by atoms with Gasteiger partial charge in [-0.3, -0.25) is 4.57 Å². The molecule has 0 aliphatic carbocycles. The van der Waals surface area contributed by atoms with Crippen molar-refractivity contribution in [1.82, 2.24) is 43.2 Å². The number of fused-ring (bicyclic) bond motifs is 30. The molecule has 0 N–H and O–H groups in total. The van der Waals surface area contributed by atoms with E-state index in [1.54, 1.807) is 0 Å². The average Bonchev–Trinajstić information content (AvgIpc) is 1.54. The van der Waals surface area contributed by atoms with E-state index < -0.39 is 0 Å². The molecule has 570 valence electrons. The first-order valence-corrected chi connectivity index (χ1v) is 41.8. The van der Waals surface area contributed by atoms with Crippen LogP contribution in [0.25, 0.3) is 253 Å². The number of furan rings is 1. The first-order chi connectivity index (χ1) is 61.0. The molecular formula is C113H67N9O. The van der Waals surface area contributed by atoms with Gasteiger partial charge in [-0.1, -0.05) is 297 Å². The van der Waals surface area contributed by atoms with Gasteiger partial charge in [-0.05, 0) is 174 Å². The first-order valence-electron chi connectivity index (χ1n) is 41.8. The van der Waals surface area contributed by atoms with Gasteiger partial charge in [-0.15, -0.1) is 0 Å². The third-order valence-corrected chi connectivity index (χ3v) is 25.4. The van der Waals surface area contributed by atoms with Gasteiger partial charge < -0.3 is 18.1 Å². The van der Waals surface area contributed by atoms with Crippen molar-refractivity contribution in [3.8, 4) is 68.4 Å². The Bertz CT molecular complexity index is 9080. The minimum absolute atomic E-state index is 0.542. The van der Waals surface area contributed by atoms with Gasteiger partial charge in [0.05, 0.1) is 55.3 Å². The molecule has 0 amide bonds. The molecule has 10 nitrogen and oxygen atoms in total. The summed E-state index contributed by atoms with van der Waals surface area (Å²) in [5.41, 5.74) is 19.7. The van der Waals surface area contributed by atoms with Crippen LogP contribution in [0.4, 0.5) is 0 Å². The summed E-state index contributed by atoms with van der Waals surface area (Å²) < 4.78 is 15.9. The van der Waals surface area contributed by atoms with Gasteiger partial charge in [0.25, 0.3) is 0 Å². The second-order valence-corrected chi connectivity index (χ2v) is 32.0. The van der Waals surface area contributed by atoms with E-state index in [0.717, 1.165) is 122 Å². The molecular weight excluding hydrogens is 1500 g/mol. The number of hydrogen-bond acceptors (Lipinski definition) is 6. The van der Waals surface area contributed by atoms with E-state index in [-0.39, 0.29) is 0 Å². The zero-order valence-corrected chi connectivity index (χ0v) is 66.1. The average molecular weight is 1570 g/mol. The zero-order valence-electron chi connectivity index (χ0n) is 66.1. The predicted octanol–water partition coefficient (Wildman–Crippen LogP) is 29.4. The maximum absolute atomic E-state index is 6.35. The van der Waals surface area contributed by atoms with Crippen molar-refractivity contribution in [2.24, 2.45) is 0 Å². The first kappa shape index (κ1) is 68.4. The summed E-state index contributed by atoms with van der Waals surface area (Å²) in [5, 5.41) is 27.9. The van der Waals surface area contributed by atoms with E-state index in [1.807, 2.05) is 54.6 Å². The lowest BCUT2D eigenvalue weighted by Gasteiger charge is -2.14. The Morgan fingerprint density at radius 2 is 0.528 bits per heavy atom. The topological polar surface area (TPSA) is 97.3 Å². The Balaban J connectivity index is 0.000000132. The lowest BCUT2D eigenvalue weighted by molar-refractivity contribution is 0.669. The summed E-state index contributed by atoms with van der Waals surface area (Å²) in [4.78, 5) is 25.9. The molecule has 0 fully saturated rings. The second-order valence-electron chi connectivity index (χ2n) is 32.0. The van der Waals surface area contributed by atoms with E-state index in [9.17, 15) is 0 Å². The van der Waals surface area contributed by atoms with Crippen LogP contribution in [0.5, 0.6) is 0 Å². The van der Waals surface area contributed by atoms with Gasteiger partial charge >= 0.3 is 0 Å². The summed E-state index contributed by atoms with van der Waals surface area (Å²) in [6, 6.07) is 145. The predicted molar refractivity (Wildman–Crippen MR) is 511 cm³/mol. The minimum Gasteiger partial charge on any atom is -0.456 e. The fourth-order valence-electron chi connectivity index (χ4n) is 20.1. The fraction of sp³-hybridized carbons (Fsp3) is 0. The molecule has 0 spiro atoms. The highest BCUT2D eigenvalue weighted by Crippen LogP contribution is 2.48. The third-order valence-electron chi connectivity index (χ3n) is 25.4. The molecule has 0 saturated carbocycles. The van der Waals surface area contributed by atoms with Crippen LogP contribution in [0.3, 0.4) is 0 Å². The Morgan fingerprint density at radius 1 is 0.179 bits per heavy atom. The molecule has 0 unspecified atom stereocenters. The molecule has 7 heterocycles. The number of para-hydroxylation sites is 6. The van der Waals surface area contributed by atoms with E-state index >= 15 is 0 Å². The Morgan fingerprint density at radius 3 is 1.06 bits per heavy atom. The standard InChI is InChI=1S/C57H33N5O.C56H34N4/c1-2-14-34(15-3-1)55-58-56(35-26-28-44-43-21-10-13-25-51(43)63-52(44)32-35)60-57(59-55)62-49-24-12-9-22-46(49)53-50(62)31-30-45-42-20-8-11-23-48(42)61(54(45)53)36-27-29-41-39-18-5-4-16-37(39)38-17-6-7-19-40(38)47(41)33-36;1-2-14-35(15-3-1)54-46-21-8-11-23-49(46)57-56(58-54)36-26-28-37(29-27-36)59-51-25-13-10-22-47(51)53-52(59)33-32-45-44-20-9-12-24-50(44)60(55(45)53)38-30-31-43-41-18-5-4-16-39(41)40-17-6-7-19-42(40)48(43)34-38/h1-33H;1-34H. The van der Waals surface area contributed by atoms with Crippen molar-refractivity contribution >= 4 is 185 Å². The molecule has 0 aliphatic rings. The third kappa shape index (κ3) is 10.4. The molecule has 10 heteroatoms. The molecule has 0 bridgehead atoms. The number of benzene rings is 20. The van der Waals surface area contributed by atoms with Crippen molar-refractivity contribution in [3.63, 3.8) is 0 Å². The van der Waals surface area contributed by atoms with Crippen LogP contribution < -0.4 is 0 Å². The largest absolute Gasteiger partial charge is 0.456 e. The number of rotatable bonds is 8. The molecule has 0 atom stereocenters. The van der Waals surface area contributed by atoms with Crippen LogP contribution in [-0.2, 0) is 0 Å². The maximum atomic E-state index is 6.35. The SMILES string of the molecule is c1ccc(-c2nc(-c3ccc(-n4c5ccccc5c5c4ccc4c6ccccc6n(-c6ccc7c8ccccc8c8ccccc8c7c6)c45)cc3)nc3ccccc23)cc1.c1ccc(-c2nc(-c3ccc4c(c3)oc3ccccc34)nc(-n3c4ccccc4c4c3ccc3c5ccccc5n(-c5ccc6c7ccccc7c7ccccc7c6c5)c34)n2)cc1. The minimum atomic E-state index is 0.542. The van der Waals surface area contributed by atoms with Crippen LogP contribution in [0.2, 0.25) is 0 Å². The lowest BCUT2D eigenvalue weighted by Crippen LogP contribution is -2.06. The monoisotopic (exact) mass is 1570 g/mol. The Kier molecular flexibility index (Phi) is 15.0. The maximum Gasteiger partial charge on any atom is 0.238 e. The highest BCUT2D eigenvalue weighted by Gasteiger charge is 2.27. The van der Waals surface area contributed by atoms with Crippen LogP contribution >= 0.6 is 0 Å². The van der Waals surface area contributed by atoms with Gasteiger partial charge in [0.15, 0.2) is 17.5 Å². The van der Waals surface area contributed by atoms with E-state index in [1.165, 1.54) is 108 Å². The molecule has 27 aromatic rings. The fourth-order valence-corrected chi connectivity index (χ4v) is 20.1. The van der Waals surface area contributed by atoms with Crippen molar-refractivity contribution < 1.29 is 4.42 Å². The van der Waals surface area contributed by atoms with E-state index in [0.29, 0.717) is 23.4 Å². The van der Waals surface area contributed by atoms with Crippen molar-refractivity contribution in [3.05, 3.63) is 406 Å². The normalized spacial score (nSPS) is 12.1. The van der Waals surface area contributed by atoms with Crippen LogP contribution in [0, 0.1) is 0 Å². The van der Waals surface area contributed by atoms with Crippen molar-refractivity contribution in [2.45, 2.75) is 0 Å². The summed E-state index contributed by atoms with van der Waals surface area (Å²) in [6.45, 7) is 0. The molecule has 7 aromatic heterocycles. The van der Waals surface area contributed by atoms with E-state index in [2.05, 4.69) is 370 Å². The second kappa shape index (κ2) is 26.9. The number of aromatic nitrogens is 9. The number of hydrogen-bond donors (Lipinski definition) is 0. The molecule has 0 saturated heterocycles. The molecule has 0 radical (unpaired) electrons. The Hall–Kier alpha value is -16.7. The molecule has 27 rings (SSSR count). The van der Waals surface area contributed by atoms with Gasteiger partial charge in [-0.2, -0.15) is 9.97 Å². The van der Waals surface area contributed by atoms with E-state index in [4.69, 9.17) is 29.3 Å². The summed E-state index contributed by atoms with van der Waals surface area (Å²) in [5.74, 6) is 2.42. The highest BCUT2D eigenvalue weighted by atomic mass is 16.3.